The quantitative estimate of drug-likeness (QED) is 0.825. The number of anilines is 1. The van der Waals surface area contributed by atoms with Crippen LogP contribution < -0.4 is 5.32 Å². The molecule has 0 bridgehead atoms. The van der Waals surface area contributed by atoms with Crippen LogP contribution in [0.3, 0.4) is 0 Å². The Morgan fingerprint density at radius 2 is 2.33 bits per heavy atom. The number of thiophene rings is 1. The van der Waals surface area contributed by atoms with Gasteiger partial charge in [0.1, 0.15) is 0 Å². The van der Waals surface area contributed by atoms with E-state index in [9.17, 15) is 0 Å². The van der Waals surface area contributed by atoms with Gasteiger partial charge < -0.3 is 5.32 Å². The fourth-order valence-corrected chi connectivity index (χ4v) is 2.24. The third-order valence-electron chi connectivity index (χ3n) is 2.13. The van der Waals surface area contributed by atoms with Crippen molar-refractivity contribution in [2.45, 2.75) is 13.5 Å². The Hall–Kier alpha value is -1.06. The lowest BCUT2D eigenvalue weighted by molar-refractivity contribution is 1.16. The van der Waals surface area contributed by atoms with Gasteiger partial charge >= 0.3 is 0 Å². The van der Waals surface area contributed by atoms with Crippen molar-refractivity contribution < 1.29 is 0 Å². The lowest BCUT2D eigenvalue weighted by atomic mass is 10.2. The smallest absolute Gasteiger partial charge is 0.152 e. The molecule has 2 rings (SSSR count). The molecule has 0 spiro atoms. The van der Waals surface area contributed by atoms with Gasteiger partial charge in [0.2, 0.25) is 0 Å². The summed E-state index contributed by atoms with van der Waals surface area (Å²) in [6.45, 7) is 2.81. The zero-order valence-corrected chi connectivity index (χ0v) is 9.90. The minimum Gasteiger partial charge on any atom is -0.377 e. The molecule has 2 aromatic rings. The summed E-state index contributed by atoms with van der Waals surface area (Å²) >= 11 is 7.73. The van der Waals surface area contributed by atoms with E-state index in [1.807, 2.05) is 19.1 Å². The Bertz CT molecular complexity index is 420. The van der Waals surface area contributed by atoms with Crippen LogP contribution in [0.25, 0.3) is 0 Å². The highest BCUT2D eigenvalue weighted by atomic mass is 35.5. The van der Waals surface area contributed by atoms with Crippen molar-refractivity contribution in [1.82, 2.24) is 4.98 Å². The Kier molecular flexibility index (Phi) is 3.23. The molecule has 0 aromatic carbocycles. The number of nitrogens with one attached hydrogen (secondary N) is 1. The largest absolute Gasteiger partial charge is 0.377 e. The maximum absolute atomic E-state index is 6.00. The van der Waals surface area contributed by atoms with Gasteiger partial charge in [0.15, 0.2) is 5.15 Å². The second kappa shape index (κ2) is 4.64. The predicted molar refractivity (Wildman–Crippen MR) is 65.6 cm³/mol. The summed E-state index contributed by atoms with van der Waals surface area (Å²) in [4.78, 5) is 5.33. The molecular formula is C11H11ClN2S. The monoisotopic (exact) mass is 238 g/mol. The molecule has 2 aromatic heterocycles. The molecule has 0 fully saturated rings. The van der Waals surface area contributed by atoms with Crippen molar-refractivity contribution in [1.29, 1.82) is 0 Å². The summed E-state index contributed by atoms with van der Waals surface area (Å²) in [5.41, 5.74) is 2.04. The van der Waals surface area contributed by atoms with E-state index >= 15 is 0 Å². The molecule has 2 nitrogen and oxygen atoms in total. The predicted octanol–water partition coefficient (Wildman–Crippen LogP) is 3.72. The fraction of sp³-hybridized carbons (Fsp3) is 0.182. The number of hydrogen-bond acceptors (Lipinski definition) is 3. The summed E-state index contributed by atoms with van der Waals surface area (Å²) in [6.07, 6.45) is 1.72. The third-order valence-corrected chi connectivity index (χ3v) is 3.30. The molecule has 0 unspecified atom stereocenters. The van der Waals surface area contributed by atoms with Gasteiger partial charge in [0, 0.05) is 17.6 Å². The normalized spacial score (nSPS) is 10.3. The molecule has 0 aliphatic rings. The van der Waals surface area contributed by atoms with Crippen LogP contribution in [0.4, 0.5) is 5.69 Å². The van der Waals surface area contributed by atoms with E-state index in [4.69, 9.17) is 11.6 Å². The second-order valence-corrected chi connectivity index (χ2v) is 4.62. The molecule has 2 heterocycles. The van der Waals surface area contributed by atoms with Gasteiger partial charge in [-0.05, 0) is 30.0 Å². The van der Waals surface area contributed by atoms with Crippen molar-refractivity contribution in [3.8, 4) is 0 Å². The number of hydrogen-bond donors (Lipinski definition) is 1. The maximum atomic E-state index is 6.00. The average Bonchev–Trinajstić information content (AvgIpc) is 2.70. The molecular weight excluding hydrogens is 228 g/mol. The lowest BCUT2D eigenvalue weighted by Gasteiger charge is -2.09. The average molecular weight is 239 g/mol. The maximum Gasteiger partial charge on any atom is 0.152 e. The Morgan fingerprint density at radius 1 is 1.47 bits per heavy atom. The van der Waals surface area contributed by atoms with Crippen LogP contribution in [0.1, 0.15) is 10.4 Å². The number of aromatic nitrogens is 1. The molecule has 0 saturated carbocycles. The van der Waals surface area contributed by atoms with E-state index in [1.165, 1.54) is 4.88 Å². The highest BCUT2D eigenvalue weighted by Gasteiger charge is 2.04. The summed E-state index contributed by atoms with van der Waals surface area (Å²) in [7, 11) is 0. The van der Waals surface area contributed by atoms with E-state index in [1.54, 1.807) is 17.5 Å². The first-order valence-electron chi connectivity index (χ1n) is 4.65. The first-order valence-corrected chi connectivity index (χ1v) is 5.90. The Labute approximate surface area is 97.9 Å². The molecule has 0 aliphatic heterocycles. The number of nitrogens with zero attached hydrogens (tertiary/aromatic N) is 1. The van der Waals surface area contributed by atoms with Gasteiger partial charge in [-0.15, -0.1) is 11.3 Å². The van der Waals surface area contributed by atoms with Crippen molar-refractivity contribution in [2.24, 2.45) is 0 Å². The first kappa shape index (κ1) is 10.5. The topological polar surface area (TPSA) is 24.9 Å². The zero-order chi connectivity index (χ0) is 10.7. The minimum atomic E-state index is 0.534. The van der Waals surface area contributed by atoms with Crippen molar-refractivity contribution in [3.05, 3.63) is 45.4 Å². The van der Waals surface area contributed by atoms with Gasteiger partial charge in [0.05, 0.1) is 5.69 Å². The highest BCUT2D eigenvalue weighted by molar-refractivity contribution is 7.09. The molecule has 78 valence electrons. The third kappa shape index (κ3) is 2.49. The summed E-state index contributed by atoms with van der Waals surface area (Å²) in [6, 6.07) is 6.08. The minimum absolute atomic E-state index is 0.534. The number of halogens is 1. The van der Waals surface area contributed by atoms with Gasteiger partial charge in [-0.25, -0.2) is 4.98 Å². The number of aryl methyl sites for hydroxylation is 1. The second-order valence-electron chi connectivity index (χ2n) is 3.23. The molecule has 1 N–H and O–H groups in total. The number of pyridine rings is 1. The molecule has 4 heteroatoms. The standard InChI is InChI=1S/C11H11ClN2S/c1-8-4-5-13-11(12)10(8)14-7-9-3-2-6-15-9/h2-6,14H,7H2,1H3. The van der Waals surface area contributed by atoms with E-state index < -0.39 is 0 Å². The zero-order valence-electron chi connectivity index (χ0n) is 8.33. The molecule has 0 saturated heterocycles. The van der Waals surface area contributed by atoms with Gasteiger partial charge in [0.25, 0.3) is 0 Å². The highest BCUT2D eigenvalue weighted by Crippen LogP contribution is 2.23. The van der Waals surface area contributed by atoms with Crippen LogP contribution in [-0.2, 0) is 6.54 Å². The molecule has 15 heavy (non-hydrogen) atoms. The molecule has 0 aliphatic carbocycles. The van der Waals surface area contributed by atoms with Gasteiger partial charge in [-0.1, -0.05) is 17.7 Å². The van der Waals surface area contributed by atoms with Crippen LogP contribution in [0.2, 0.25) is 5.15 Å². The van der Waals surface area contributed by atoms with E-state index in [0.29, 0.717) is 5.15 Å². The van der Waals surface area contributed by atoms with E-state index in [-0.39, 0.29) is 0 Å². The number of rotatable bonds is 3. The van der Waals surface area contributed by atoms with Crippen molar-refractivity contribution in [3.63, 3.8) is 0 Å². The summed E-state index contributed by atoms with van der Waals surface area (Å²) in [5.74, 6) is 0. The fourth-order valence-electron chi connectivity index (χ4n) is 1.33. The van der Waals surface area contributed by atoms with Gasteiger partial charge in [-0.2, -0.15) is 0 Å². The molecule has 0 atom stereocenters. The van der Waals surface area contributed by atoms with Crippen LogP contribution in [0.15, 0.2) is 29.8 Å². The van der Waals surface area contributed by atoms with E-state index in [2.05, 4.69) is 21.7 Å². The molecule has 0 amide bonds. The van der Waals surface area contributed by atoms with Crippen LogP contribution in [0.5, 0.6) is 0 Å². The van der Waals surface area contributed by atoms with Crippen LogP contribution in [0, 0.1) is 6.92 Å². The summed E-state index contributed by atoms with van der Waals surface area (Å²) in [5, 5.41) is 5.90. The first-order chi connectivity index (χ1) is 7.27. The van der Waals surface area contributed by atoms with Crippen molar-refractivity contribution >= 4 is 28.6 Å². The van der Waals surface area contributed by atoms with Crippen LogP contribution >= 0.6 is 22.9 Å². The van der Waals surface area contributed by atoms with Crippen molar-refractivity contribution in [2.75, 3.05) is 5.32 Å². The Balaban J connectivity index is 2.11. The van der Waals surface area contributed by atoms with Gasteiger partial charge in [-0.3, -0.25) is 0 Å². The summed E-state index contributed by atoms with van der Waals surface area (Å²) < 4.78 is 0. The molecule has 0 radical (unpaired) electrons. The van der Waals surface area contributed by atoms with E-state index in [0.717, 1.165) is 17.8 Å². The lowest BCUT2D eigenvalue weighted by Crippen LogP contribution is -2.00. The van der Waals surface area contributed by atoms with Crippen LogP contribution in [-0.4, -0.2) is 4.98 Å². The Morgan fingerprint density at radius 3 is 3.00 bits per heavy atom. The SMILES string of the molecule is Cc1ccnc(Cl)c1NCc1cccs1.